The summed E-state index contributed by atoms with van der Waals surface area (Å²) in [5, 5.41) is 14.6. The Morgan fingerprint density at radius 2 is 0.656 bits per heavy atom. The summed E-state index contributed by atoms with van der Waals surface area (Å²) in [5.74, 6) is 0. The van der Waals surface area contributed by atoms with Crippen LogP contribution in [0.15, 0.2) is 24.3 Å². The van der Waals surface area contributed by atoms with Gasteiger partial charge in [-0.15, -0.1) is 0 Å². The maximum atomic E-state index is 3.65. The molecule has 4 aliphatic heterocycles. The van der Waals surface area contributed by atoms with Gasteiger partial charge in [0.05, 0.1) is 22.7 Å². The van der Waals surface area contributed by atoms with E-state index in [1.165, 1.54) is 96.4 Å². The predicted molar refractivity (Wildman–Crippen MR) is 139 cm³/mol. The minimum Gasteiger partial charge on any atom is -0.381 e. The monoisotopic (exact) mass is 432 g/mol. The number of anilines is 4. The van der Waals surface area contributed by atoms with Gasteiger partial charge < -0.3 is 21.3 Å². The van der Waals surface area contributed by atoms with E-state index in [1.807, 2.05) is 0 Å². The fourth-order valence-electron chi connectivity index (χ4n) is 5.63. The Kier molecular flexibility index (Phi) is 5.96. The lowest BCUT2D eigenvalue weighted by Gasteiger charge is -2.32. The summed E-state index contributed by atoms with van der Waals surface area (Å²) < 4.78 is 0. The number of hydrogen-bond donors (Lipinski definition) is 4. The molecule has 2 aromatic rings. The lowest BCUT2D eigenvalue weighted by Crippen LogP contribution is -2.27. The number of rotatable bonds is 0. The van der Waals surface area contributed by atoms with Gasteiger partial charge in [0.15, 0.2) is 0 Å². The molecule has 4 heteroatoms. The van der Waals surface area contributed by atoms with Crippen LogP contribution in [0.1, 0.15) is 75.6 Å². The summed E-state index contributed by atoms with van der Waals surface area (Å²) in [6.45, 7) is 9.09. The Morgan fingerprint density at radius 1 is 0.438 bits per heavy atom. The molecule has 4 aliphatic rings. The van der Waals surface area contributed by atoms with E-state index >= 15 is 0 Å². The molecule has 0 amide bonds. The van der Waals surface area contributed by atoms with Gasteiger partial charge in [-0.3, -0.25) is 0 Å². The lowest BCUT2D eigenvalue weighted by atomic mass is 9.91. The molecule has 4 heterocycles. The van der Waals surface area contributed by atoms with E-state index in [9.17, 15) is 0 Å². The predicted octanol–water partition coefficient (Wildman–Crippen LogP) is 6.36. The van der Waals surface area contributed by atoms with Crippen molar-refractivity contribution in [2.45, 2.75) is 103 Å². The van der Waals surface area contributed by atoms with Gasteiger partial charge in [0.25, 0.3) is 0 Å². The molecule has 4 N–H and O–H groups in total. The molecule has 0 saturated carbocycles. The largest absolute Gasteiger partial charge is 0.381 e. The lowest BCUT2D eigenvalue weighted by molar-refractivity contribution is 0.662. The molecule has 1 unspecified atom stereocenters. The van der Waals surface area contributed by atoms with Crippen LogP contribution in [-0.4, -0.2) is 24.2 Å². The Bertz CT molecular complexity index is 824. The molecule has 172 valence electrons. The van der Waals surface area contributed by atoms with Crippen LogP contribution in [0.3, 0.4) is 0 Å². The standard InChI is InChI=1S/2C14H20N2/c2*1-9-3-5-11-7-8-12-6-4-10(2)16-14(12)13(11)15-9/h2*7-10,15-16H,3-6H2,1-2H3/t9-,10?;9-,10-/m10/s1. The highest BCUT2D eigenvalue weighted by Crippen LogP contribution is 2.39. The van der Waals surface area contributed by atoms with Crippen LogP contribution in [0.5, 0.6) is 0 Å². The van der Waals surface area contributed by atoms with Gasteiger partial charge in [-0.05, 0) is 101 Å². The first-order valence-electron chi connectivity index (χ1n) is 12.8. The van der Waals surface area contributed by atoms with Crippen LogP contribution in [0.4, 0.5) is 22.7 Å². The van der Waals surface area contributed by atoms with E-state index in [1.54, 1.807) is 0 Å². The second-order valence-electron chi connectivity index (χ2n) is 10.6. The zero-order valence-electron chi connectivity index (χ0n) is 20.3. The third-order valence-electron chi connectivity index (χ3n) is 7.71. The van der Waals surface area contributed by atoms with Crippen molar-refractivity contribution in [3.05, 3.63) is 46.5 Å². The number of benzene rings is 2. The van der Waals surface area contributed by atoms with Crippen LogP contribution >= 0.6 is 0 Å². The topological polar surface area (TPSA) is 48.1 Å². The van der Waals surface area contributed by atoms with Gasteiger partial charge in [0.1, 0.15) is 0 Å². The number of hydrogen-bond acceptors (Lipinski definition) is 4. The highest BCUT2D eigenvalue weighted by molar-refractivity contribution is 5.79. The highest BCUT2D eigenvalue weighted by atomic mass is 15.0. The summed E-state index contributed by atoms with van der Waals surface area (Å²) in [5.41, 5.74) is 11.4. The number of fused-ring (bicyclic) bond motifs is 6. The minimum absolute atomic E-state index is 0.609. The maximum Gasteiger partial charge on any atom is 0.0613 e. The van der Waals surface area contributed by atoms with Crippen molar-refractivity contribution in [2.75, 3.05) is 21.3 Å². The second kappa shape index (κ2) is 8.88. The molecule has 4 nitrogen and oxygen atoms in total. The fraction of sp³-hybridized carbons (Fsp3) is 0.571. The van der Waals surface area contributed by atoms with Crippen LogP contribution in [0, 0.1) is 0 Å². The quantitative estimate of drug-likeness (QED) is 0.391. The van der Waals surface area contributed by atoms with E-state index in [2.05, 4.69) is 73.2 Å². The molecule has 4 atom stereocenters. The van der Waals surface area contributed by atoms with Crippen LogP contribution < -0.4 is 21.3 Å². The van der Waals surface area contributed by atoms with Crippen molar-refractivity contribution in [3.8, 4) is 0 Å². The Hall–Kier alpha value is -2.36. The average Bonchev–Trinajstić information content (AvgIpc) is 2.79. The first-order valence-corrected chi connectivity index (χ1v) is 12.8. The molecule has 6 rings (SSSR count). The van der Waals surface area contributed by atoms with E-state index < -0.39 is 0 Å². The van der Waals surface area contributed by atoms with Gasteiger partial charge in [-0.2, -0.15) is 0 Å². The number of aryl methyl sites for hydroxylation is 4. The molecule has 0 radical (unpaired) electrons. The van der Waals surface area contributed by atoms with Crippen molar-refractivity contribution in [1.29, 1.82) is 0 Å². The van der Waals surface area contributed by atoms with Crippen molar-refractivity contribution in [2.24, 2.45) is 0 Å². The second-order valence-corrected chi connectivity index (χ2v) is 10.6. The molecule has 0 aliphatic carbocycles. The molecule has 0 fully saturated rings. The van der Waals surface area contributed by atoms with Crippen LogP contribution in [-0.2, 0) is 25.7 Å². The summed E-state index contributed by atoms with van der Waals surface area (Å²) >= 11 is 0. The highest BCUT2D eigenvalue weighted by Gasteiger charge is 2.24. The third kappa shape index (κ3) is 4.29. The van der Waals surface area contributed by atoms with Crippen molar-refractivity contribution in [1.82, 2.24) is 0 Å². The average molecular weight is 433 g/mol. The van der Waals surface area contributed by atoms with E-state index in [-0.39, 0.29) is 0 Å². The van der Waals surface area contributed by atoms with Gasteiger partial charge >= 0.3 is 0 Å². The van der Waals surface area contributed by atoms with Crippen LogP contribution in [0.25, 0.3) is 0 Å². The Morgan fingerprint density at radius 3 is 0.875 bits per heavy atom. The molecule has 32 heavy (non-hydrogen) atoms. The van der Waals surface area contributed by atoms with Crippen LogP contribution in [0.2, 0.25) is 0 Å². The van der Waals surface area contributed by atoms with E-state index in [0.29, 0.717) is 24.2 Å². The third-order valence-corrected chi connectivity index (χ3v) is 7.71. The normalized spacial score (nSPS) is 27.4. The SMILES string of the molecule is CC1CCc2ccc3c(c2N1)N[C@H](C)CC3.C[C@H]1CCc2ccc3c(c2N1)N[C@@H](C)CC3. The number of nitrogens with one attached hydrogen (secondary N) is 4. The molecule has 0 saturated heterocycles. The van der Waals surface area contributed by atoms with Crippen molar-refractivity contribution in [3.63, 3.8) is 0 Å². The molecular formula is C28H40N4. The molecule has 2 aromatic carbocycles. The minimum atomic E-state index is 0.609. The summed E-state index contributed by atoms with van der Waals surface area (Å²) in [4.78, 5) is 0. The van der Waals surface area contributed by atoms with Gasteiger partial charge in [0.2, 0.25) is 0 Å². The summed E-state index contributed by atoms with van der Waals surface area (Å²) in [6, 6.07) is 11.7. The Labute approximate surface area is 194 Å². The van der Waals surface area contributed by atoms with E-state index in [4.69, 9.17) is 0 Å². The summed E-state index contributed by atoms with van der Waals surface area (Å²) in [6.07, 6.45) is 9.87. The zero-order valence-corrected chi connectivity index (χ0v) is 20.3. The smallest absolute Gasteiger partial charge is 0.0613 e. The molecule has 0 aromatic heterocycles. The Balaban J connectivity index is 0.000000135. The molecular weight excluding hydrogens is 392 g/mol. The molecule has 0 bridgehead atoms. The fourth-order valence-corrected chi connectivity index (χ4v) is 5.63. The first kappa shape index (κ1) is 21.5. The van der Waals surface area contributed by atoms with Gasteiger partial charge in [0, 0.05) is 24.2 Å². The maximum absolute atomic E-state index is 3.65. The van der Waals surface area contributed by atoms with Crippen molar-refractivity contribution < 1.29 is 0 Å². The van der Waals surface area contributed by atoms with Crippen molar-refractivity contribution >= 4 is 22.7 Å². The molecule has 0 spiro atoms. The van der Waals surface area contributed by atoms with E-state index in [0.717, 1.165) is 0 Å². The zero-order chi connectivity index (χ0) is 22.2. The summed E-state index contributed by atoms with van der Waals surface area (Å²) in [7, 11) is 0. The van der Waals surface area contributed by atoms with Gasteiger partial charge in [-0.25, -0.2) is 0 Å². The first-order chi connectivity index (χ1) is 15.5. The van der Waals surface area contributed by atoms with Gasteiger partial charge in [-0.1, -0.05) is 24.3 Å².